The topological polar surface area (TPSA) is 102 Å². The van der Waals surface area contributed by atoms with Gasteiger partial charge in [-0.2, -0.15) is 0 Å². The van der Waals surface area contributed by atoms with Crippen LogP contribution in [-0.4, -0.2) is 35.9 Å². The Morgan fingerprint density at radius 2 is 1.65 bits per heavy atom. The number of amides is 1. The molecule has 1 amide bonds. The van der Waals surface area contributed by atoms with Gasteiger partial charge in [0, 0.05) is 16.8 Å². The predicted octanol–water partition coefficient (Wildman–Crippen LogP) is 4.76. The molecule has 2 aromatic carbocycles. The zero-order valence-corrected chi connectivity index (χ0v) is 20.2. The normalized spacial score (nSPS) is 10.5. The number of ether oxygens (including phenoxy) is 3. The van der Waals surface area contributed by atoms with Gasteiger partial charge >= 0.3 is 0 Å². The van der Waals surface area contributed by atoms with Gasteiger partial charge < -0.3 is 29.1 Å². The third-order valence-electron chi connectivity index (χ3n) is 4.62. The number of aliphatic hydroxyl groups excluding tert-OH is 1. The summed E-state index contributed by atoms with van der Waals surface area (Å²) >= 11 is 5.34. The highest BCUT2D eigenvalue weighted by Crippen LogP contribution is 2.39. The lowest BCUT2D eigenvalue weighted by Gasteiger charge is -2.17. The SMILES string of the molecule is CCOc1cc(C(=O)NC(=S)Nc2cccc(-c3ccc(CO)o3)c2)cc(OCC)c1OCC. The van der Waals surface area contributed by atoms with E-state index in [0.29, 0.717) is 59.8 Å². The first-order valence-corrected chi connectivity index (χ1v) is 11.4. The van der Waals surface area contributed by atoms with Crippen LogP contribution in [0.25, 0.3) is 11.3 Å². The molecule has 0 aliphatic carbocycles. The number of carbonyl (C=O) groups is 1. The molecule has 0 saturated carbocycles. The maximum Gasteiger partial charge on any atom is 0.257 e. The summed E-state index contributed by atoms with van der Waals surface area (Å²) in [6, 6.07) is 14.0. The number of hydrogen-bond acceptors (Lipinski definition) is 7. The summed E-state index contributed by atoms with van der Waals surface area (Å²) in [6.07, 6.45) is 0. The molecule has 0 saturated heterocycles. The Kier molecular flexibility index (Phi) is 8.89. The monoisotopic (exact) mass is 484 g/mol. The van der Waals surface area contributed by atoms with Crippen LogP contribution in [0.5, 0.6) is 17.2 Å². The van der Waals surface area contributed by atoms with Gasteiger partial charge in [0.2, 0.25) is 5.75 Å². The van der Waals surface area contributed by atoms with Crippen molar-refractivity contribution < 1.29 is 28.5 Å². The summed E-state index contributed by atoms with van der Waals surface area (Å²) in [5.41, 5.74) is 1.79. The van der Waals surface area contributed by atoms with Crippen molar-refractivity contribution in [2.75, 3.05) is 25.1 Å². The number of carbonyl (C=O) groups excluding carboxylic acids is 1. The maximum absolute atomic E-state index is 12.9. The van der Waals surface area contributed by atoms with Gasteiger partial charge in [-0.25, -0.2) is 0 Å². The van der Waals surface area contributed by atoms with Gasteiger partial charge in [-0.3, -0.25) is 10.1 Å². The number of thiocarbonyl (C=S) groups is 1. The molecule has 34 heavy (non-hydrogen) atoms. The zero-order valence-electron chi connectivity index (χ0n) is 19.3. The third kappa shape index (κ3) is 6.27. The molecule has 180 valence electrons. The molecule has 0 fully saturated rings. The Hall–Kier alpha value is -3.56. The molecule has 3 N–H and O–H groups in total. The molecule has 9 heteroatoms. The molecule has 0 spiro atoms. The molecule has 1 heterocycles. The first kappa shape index (κ1) is 25.1. The van der Waals surface area contributed by atoms with E-state index in [1.807, 2.05) is 45.0 Å². The lowest BCUT2D eigenvalue weighted by Crippen LogP contribution is -2.34. The number of hydrogen-bond donors (Lipinski definition) is 3. The highest BCUT2D eigenvalue weighted by atomic mass is 32.1. The van der Waals surface area contributed by atoms with Crippen molar-refractivity contribution in [3.63, 3.8) is 0 Å². The Bertz CT molecular complexity index is 1120. The molecule has 8 nitrogen and oxygen atoms in total. The van der Waals surface area contributed by atoms with E-state index in [-0.39, 0.29) is 11.7 Å². The van der Waals surface area contributed by atoms with E-state index in [9.17, 15) is 9.90 Å². The quantitative estimate of drug-likeness (QED) is 0.354. The van der Waals surface area contributed by atoms with Crippen LogP contribution >= 0.6 is 12.2 Å². The number of furan rings is 1. The molecule has 3 aromatic rings. The Balaban J connectivity index is 1.75. The Morgan fingerprint density at radius 1 is 0.971 bits per heavy atom. The van der Waals surface area contributed by atoms with Crippen LogP contribution in [-0.2, 0) is 6.61 Å². The van der Waals surface area contributed by atoms with Gasteiger partial charge in [-0.15, -0.1) is 0 Å². The molecule has 1 aromatic heterocycles. The van der Waals surface area contributed by atoms with Crippen LogP contribution < -0.4 is 24.8 Å². The zero-order chi connectivity index (χ0) is 24.5. The van der Waals surface area contributed by atoms with E-state index < -0.39 is 5.91 Å². The van der Waals surface area contributed by atoms with Gasteiger partial charge in [-0.05, 0) is 69.4 Å². The fraction of sp³-hybridized carbons (Fsp3) is 0.280. The lowest BCUT2D eigenvalue weighted by molar-refractivity contribution is 0.0976. The minimum absolute atomic E-state index is 0.127. The molecule has 0 atom stereocenters. The minimum Gasteiger partial charge on any atom is -0.490 e. The molecule has 0 bridgehead atoms. The van der Waals surface area contributed by atoms with E-state index in [1.165, 1.54) is 0 Å². The molecule has 0 unspecified atom stereocenters. The largest absolute Gasteiger partial charge is 0.490 e. The first-order valence-electron chi connectivity index (χ1n) is 11.0. The first-order chi connectivity index (χ1) is 16.5. The summed E-state index contributed by atoms with van der Waals surface area (Å²) in [5.74, 6) is 1.98. The predicted molar refractivity (Wildman–Crippen MR) is 134 cm³/mol. The van der Waals surface area contributed by atoms with Crippen LogP contribution in [0.15, 0.2) is 52.9 Å². The van der Waals surface area contributed by atoms with Crippen molar-refractivity contribution in [3.8, 4) is 28.6 Å². The highest BCUT2D eigenvalue weighted by Gasteiger charge is 2.19. The summed E-state index contributed by atoms with van der Waals surface area (Å²) in [7, 11) is 0. The molecule has 0 aliphatic rings. The number of benzene rings is 2. The fourth-order valence-electron chi connectivity index (χ4n) is 3.23. The average Bonchev–Trinajstić information content (AvgIpc) is 3.31. The van der Waals surface area contributed by atoms with Gasteiger partial charge in [0.1, 0.15) is 18.1 Å². The van der Waals surface area contributed by atoms with Crippen molar-refractivity contribution >= 4 is 28.9 Å². The van der Waals surface area contributed by atoms with E-state index >= 15 is 0 Å². The van der Waals surface area contributed by atoms with Gasteiger partial charge in [0.15, 0.2) is 16.6 Å². The Labute approximate surface area is 203 Å². The van der Waals surface area contributed by atoms with Crippen molar-refractivity contribution in [3.05, 3.63) is 59.9 Å². The van der Waals surface area contributed by atoms with Crippen molar-refractivity contribution in [2.24, 2.45) is 0 Å². The van der Waals surface area contributed by atoms with Crippen LogP contribution in [0.1, 0.15) is 36.9 Å². The average molecular weight is 485 g/mol. The molecular formula is C25H28N2O6S. The number of rotatable bonds is 10. The minimum atomic E-state index is -0.419. The second-order valence-electron chi connectivity index (χ2n) is 7.01. The highest BCUT2D eigenvalue weighted by molar-refractivity contribution is 7.80. The van der Waals surface area contributed by atoms with Crippen LogP contribution in [0.4, 0.5) is 5.69 Å². The number of anilines is 1. The van der Waals surface area contributed by atoms with Crippen molar-refractivity contribution in [1.29, 1.82) is 0 Å². The summed E-state index contributed by atoms with van der Waals surface area (Å²) < 4.78 is 22.6. The molecular weight excluding hydrogens is 456 g/mol. The molecule has 0 radical (unpaired) electrons. The second-order valence-corrected chi connectivity index (χ2v) is 7.42. The third-order valence-corrected chi connectivity index (χ3v) is 4.82. The lowest BCUT2D eigenvalue weighted by atomic mass is 10.1. The smallest absolute Gasteiger partial charge is 0.257 e. The van der Waals surface area contributed by atoms with Gasteiger partial charge in [0.25, 0.3) is 5.91 Å². The summed E-state index contributed by atoms with van der Waals surface area (Å²) in [4.78, 5) is 12.9. The summed E-state index contributed by atoms with van der Waals surface area (Å²) in [5, 5.41) is 15.0. The van der Waals surface area contributed by atoms with E-state index in [4.69, 9.17) is 30.8 Å². The number of aliphatic hydroxyl groups is 1. The maximum atomic E-state index is 12.9. The molecule has 0 aliphatic heterocycles. The molecule has 3 rings (SSSR count). The van der Waals surface area contributed by atoms with Gasteiger partial charge in [0.05, 0.1) is 19.8 Å². The Morgan fingerprint density at radius 3 is 2.24 bits per heavy atom. The van der Waals surface area contributed by atoms with Crippen LogP contribution in [0.3, 0.4) is 0 Å². The van der Waals surface area contributed by atoms with Crippen molar-refractivity contribution in [1.82, 2.24) is 5.32 Å². The van der Waals surface area contributed by atoms with E-state index in [1.54, 1.807) is 24.3 Å². The number of nitrogens with one attached hydrogen (secondary N) is 2. The van der Waals surface area contributed by atoms with Crippen LogP contribution in [0, 0.1) is 0 Å². The van der Waals surface area contributed by atoms with E-state index in [2.05, 4.69) is 10.6 Å². The van der Waals surface area contributed by atoms with Crippen molar-refractivity contribution in [2.45, 2.75) is 27.4 Å². The standard InChI is InChI=1S/C25H28N2O6S/c1-4-30-21-13-17(14-22(31-5-2)23(21)32-6-3)24(29)27-25(34)26-18-9-7-8-16(12-18)20-11-10-19(15-28)33-20/h7-14,28H,4-6,15H2,1-3H3,(H2,26,27,29,34). The van der Waals surface area contributed by atoms with Crippen LogP contribution in [0.2, 0.25) is 0 Å². The second kappa shape index (κ2) is 12.1. The van der Waals surface area contributed by atoms with Gasteiger partial charge in [-0.1, -0.05) is 12.1 Å². The van der Waals surface area contributed by atoms with E-state index in [0.717, 1.165) is 5.56 Å². The fourth-order valence-corrected chi connectivity index (χ4v) is 3.44. The summed E-state index contributed by atoms with van der Waals surface area (Å²) in [6.45, 7) is 6.63.